The zero-order valence-electron chi connectivity index (χ0n) is 23.7. The summed E-state index contributed by atoms with van der Waals surface area (Å²) in [5.41, 5.74) is 2.11. The van der Waals surface area contributed by atoms with Crippen molar-refractivity contribution in [2.75, 3.05) is 0 Å². The van der Waals surface area contributed by atoms with Gasteiger partial charge in [-0.2, -0.15) is 0 Å². The first-order valence-electron chi connectivity index (χ1n) is 14.2. The number of sulfone groups is 1. The Kier molecular flexibility index (Phi) is 9.28. The van der Waals surface area contributed by atoms with Crippen LogP contribution in [0.1, 0.15) is 23.6 Å². The molecule has 0 spiro atoms. The van der Waals surface area contributed by atoms with Crippen LogP contribution < -0.4 is 0 Å². The molecule has 1 aliphatic rings. The number of rotatable bonds is 11. The molecular formula is C34H33NO6S2. The van der Waals surface area contributed by atoms with Gasteiger partial charge in [-0.3, -0.25) is 0 Å². The third-order valence-corrected chi connectivity index (χ3v) is 10.8. The molecule has 1 saturated heterocycles. The first kappa shape index (κ1) is 29.6. The first-order valence-corrected chi connectivity index (χ1v) is 16.6. The topological polar surface area (TPSA) is 84.0 Å². The third-order valence-electron chi connectivity index (χ3n) is 7.41. The standard InChI is InChI=1S/C34H33NO6S2/c1-24-30(38-21-25-13-5-2-6-14-25)31(39-22-26-15-7-3-8-16-26)32(40-23-27-17-9-4-10-18-27)33(41-24)43(36,37)34-35-28-19-11-12-20-29(28)42-34/h2-20,24,30-33H,21-23H2,1H3/t24-,30-,31+,32+,33?/m0/s1. The Bertz CT molecular complexity index is 1680. The summed E-state index contributed by atoms with van der Waals surface area (Å²) in [5.74, 6) is 0. The van der Waals surface area contributed by atoms with Crippen LogP contribution in [0, 0.1) is 0 Å². The van der Waals surface area contributed by atoms with Crippen LogP contribution in [0.15, 0.2) is 120 Å². The van der Waals surface area contributed by atoms with E-state index in [9.17, 15) is 8.42 Å². The van der Waals surface area contributed by atoms with Gasteiger partial charge in [0.1, 0.15) is 18.3 Å². The molecular weight excluding hydrogens is 583 g/mol. The molecule has 5 atom stereocenters. The maximum absolute atomic E-state index is 14.3. The number of benzene rings is 4. The number of fused-ring (bicyclic) bond motifs is 1. The van der Waals surface area contributed by atoms with E-state index in [-0.39, 0.29) is 17.6 Å². The highest BCUT2D eigenvalue weighted by Crippen LogP contribution is 2.37. The van der Waals surface area contributed by atoms with Crippen molar-refractivity contribution < 1.29 is 27.4 Å². The molecule has 43 heavy (non-hydrogen) atoms. The molecule has 0 N–H and O–H groups in total. The molecule has 1 aliphatic heterocycles. The summed E-state index contributed by atoms with van der Waals surface area (Å²) in [6.45, 7) is 2.56. The Morgan fingerprint density at radius 1 is 0.651 bits per heavy atom. The van der Waals surface area contributed by atoms with Crippen LogP contribution in [0.3, 0.4) is 0 Å². The lowest BCUT2D eigenvalue weighted by Crippen LogP contribution is -2.61. The van der Waals surface area contributed by atoms with E-state index >= 15 is 0 Å². The van der Waals surface area contributed by atoms with Crippen molar-refractivity contribution in [1.82, 2.24) is 4.98 Å². The van der Waals surface area contributed by atoms with Crippen molar-refractivity contribution in [2.24, 2.45) is 0 Å². The highest BCUT2D eigenvalue weighted by Gasteiger charge is 2.52. The fourth-order valence-corrected chi connectivity index (χ4v) is 8.24. The molecule has 5 aromatic rings. The van der Waals surface area contributed by atoms with Crippen molar-refractivity contribution in [3.8, 4) is 0 Å². The van der Waals surface area contributed by atoms with Crippen LogP contribution in [-0.2, 0) is 48.6 Å². The maximum Gasteiger partial charge on any atom is 0.234 e. The monoisotopic (exact) mass is 615 g/mol. The van der Waals surface area contributed by atoms with E-state index < -0.39 is 39.7 Å². The minimum absolute atomic E-state index is 0.00956. The van der Waals surface area contributed by atoms with Gasteiger partial charge in [0.2, 0.25) is 14.2 Å². The van der Waals surface area contributed by atoms with E-state index in [1.54, 1.807) is 6.07 Å². The van der Waals surface area contributed by atoms with Crippen LogP contribution in [0.2, 0.25) is 0 Å². The number of thiazole rings is 1. The van der Waals surface area contributed by atoms with Crippen LogP contribution in [0.4, 0.5) is 0 Å². The lowest BCUT2D eigenvalue weighted by molar-refractivity contribution is -0.244. The maximum atomic E-state index is 14.3. The molecule has 4 aromatic carbocycles. The zero-order valence-corrected chi connectivity index (χ0v) is 25.3. The molecule has 7 nitrogen and oxygen atoms in total. The Balaban J connectivity index is 1.36. The summed E-state index contributed by atoms with van der Waals surface area (Å²) < 4.78 is 55.1. The molecule has 2 heterocycles. The van der Waals surface area contributed by atoms with E-state index in [1.165, 1.54) is 0 Å². The molecule has 222 valence electrons. The molecule has 6 rings (SSSR count). The van der Waals surface area contributed by atoms with Gasteiger partial charge in [0.15, 0.2) is 5.44 Å². The Morgan fingerprint density at radius 3 is 1.65 bits per heavy atom. The molecule has 0 saturated carbocycles. The quantitative estimate of drug-likeness (QED) is 0.166. The largest absolute Gasteiger partial charge is 0.368 e. The van der Waals surface area contributed by atoms with Crippen LogP contribution in [0.25, 0.3) is 10.2 Å². The summed E-state index contributed by atoms with van der Waals surface area (Å²) in [5, 5.41) is 0. The van der Waals surface area contributed by atoms with Crippen molar-refractivity contribution in [2.45, 2.75) is 60.9 Å². The van der Waals surface area contributed by atoms with Gasteiger partial charge in [0.05, 0.1) is 36.1 Å². The highest BCUT2D eigenvalue weighted by atomic mass is 32.2. The van der Waals surface area contributed by atoms with Crippen LogP contribution in [0.5, 0.6) is 0 Å². The van der Waals surface area contributed by atoms with Gasteiger partial charge in [0, 0.05) is 0 Å². The summed E-state index contributed by atoms with van der Waals surface area (Å²) in [4.78, 5) is 4.47. The Morgan fingerprint density at radius 2 is 1.12 bits per heavy atom. The Hall–Kier alpha value is -3.44. The van der Waals surface area contributed by atoms with E-state index in [0.717, 1.165) is 32.7 Å². The number of hydrogen-bond acceptors (Lipinski definition) is 8. The van der Waals surface area contributed by atoms with Crippen molar-refractivity contribution >= 4 is 31.4 Å². The van der Waals surface area contributed by atoms with Gasteiger partial charge in [0.25, 0.3) is 0 Å². The lowest BCUT2D eigenvalue weighted by Gasteiger charge is -2.44. The van der Waals surface area contributed by atoms with E-state index in [2.05, 4.69) is 4.98 Å². The number of ether oxygens (including phenoxy) is 4. The second-order valence-electron chi connectivity index (χ2n) is 10.5. The minimum Gasteiger partial charge on any atom is -0.368 e. The average Bonchev–Trinajstić information content (AvgIpc) is 3.49. The minimum atomic E-state index is -4.09. The van der Waals surface area contributed by atoms with Gasteiger partial charge in [-0.1, -0.05) is 103 Å². The molecule has 1 fully saturated rings. The number of para-hydroxylation sites is 1. The van der Waals surface area contributed by atoms with Gasteiger partial charge < -0.3 is 18.9 Å². The predicted octanol–water partition coefficient (Wildman–Crippen LogP) is 6.57. The first-order chi connectivity index (χ1) is 21.0. The van der Waals surface area contributed by atoms with Gasteiger partial charge in [-0.15, -0.1) is 11.3 Å². The smallest absolute Gasteiger partial charge is 0.234 e. The van der Waals surface area contributed by atoms with Crippen molar-refractivity contribution in [1.29, 1.82) is 0 Å². The molecule has 0 bridgehead atoms. The molecule has 1 unspecified atom stereocenters. The lowest BCUT2D eigenvalue weighted by atomic mass is 9.99. The predicted molar refractivity (Wildman–Crippen MR) is 166 cm³/mol. The second kappa shape index (κ2) is 13.5. The van der Waals surface area contributed by atoms with Gasteiger partial charge >= 0.3 is 0 Å². The number of aromatic nitrogens is 1. The van der Waals surface area contributed by atoms with Crippen molar-refractivity contribution in [3.05, 3.63) is 132 Å². The normalized spacial score (nSPS) is 22.5. The summed E-state index contributed by atoms with van der Waals surface area (Å²) >= 11 is 1.13. The number of hydrogen-bond donors (Lipinski definition) is 0. The number of nitrogens with zero attached hydrogens (tertiary/aromatic N) is 1. The fraction of sp³-hybridized carbons (Fsp3) is 0.265. The zero-order chi connectivity index (χ0) is 29.6. The third kappa shape index (κ3) is 6.88. The van der Waals surface area contributed by atoms with Crippen LogP contribution in [-0.4, -0.2) is 43.3 Å². The summed E-state index contributed by atoms with van der Waals surface area (Å²) in [6, 6.07) is 36.6. The SMILES string of the molecule is C[C@@H]1OC(S(=O)(=O)c2nc3ccccc3s2)[C@H](OCc2ccccc2)[C@H](OCc2ccccc2)[C@H]1OCc1ccccc1. The van der Waals surface area contributed by atoms with Crippen LogP contribution >= 0.6 is 11.3 Å². The fourth-order valence-electron chi connectivity index (χ4n) is 5.19. The average molecular weight is 616 g/mol. The van der Waals surface area contributed by atoms with E-state index in [4.69, 9.17) is 18.9 Å². The summed E-state index contributed by atoms with van der Waals surface area (Å²) in [7, 11) is -4.09. The van der Waals surface area contributed by atoms with Gasteiger partial charge in [-0.25, -0.2) is 13.4 Å². The van der Waals surface area contributed by atoms with Crippen molar-refractivity contribution in [3.63, 3.8) is 0 Å². The molecule has 1 aromatic heterocycles. The van der Waals surface area contributed by atoms with Gasteiger partial charge in [-0.05, 0) is 35.7 Å². The van der Waals surface area contributed by atoms with E-state index in [0.29, 0.717) is 12.1 Å². The molecule has 0 amide bonds. The molecule has 0 radical (unpaired) electrons. The molecule has 9 heteroatoms. The highest BCUT2D eigenvalue weighted by molar-refractivity contribution is 7.94. The Labute approximate surface area is 256 Å². The summed E-state index contributed by atoms with van der Waals surface area (Å²) in [6.07, 6.45) is -2.98. The second-order valence-corrected chi connectivity index (χ2v) is 13.7. The molecule has 0 aliphatic carbocycles. The van der Waals surface area contributed by atoms with E-state index in [1.807, 2.05) is 116 Å².